The predicted octanol–water partition coefficient (Wildman–Crippen LogP) is 4.77. The second-order valence-electron chi connectivity index (χ2n) is 7.87. The van der Waals surface area contributed by atoms with Gasteiger partial charge in [0.05, 0.1) is 12.7 Å². The van der Waals surface area contributed by atoms with E-state index < -0.39 is 17.4 Å². The van der Waals surface area contributed by atoms with E-state index in [-0.39, 0.29) is 17.2 Å². The maximum absolute atomic E-state index is 15.2. The number of ether oxygens (including phenoxy) is 1. The van der Waals surface area contributed by atoms with Gasteiger partial charge >= 0.3 is 0 Å². The van der Waals surface area contributed by atoms with E-state index in [1.54, 1.807) is 18.3 Å². The predicted molar refractivity (Wildman–Crippen MR) is 122 cm³/mol. The average Bonchev–Trinajstić information content (AvgIpc) is 2.79. The molecule has 2 unspecified atom stereocenters. The molecule has 0 fully saturated rings. The molecule has 5 nitrogen and oxygen atoms in total. The Kier molecular flexibility index (Phi) is 7.10. The lowest BCUT2D eigenvalue weighted by atomic mass is 9.81. The molecule has 1 heterocycles. The first kappa shape index (κ1) is 22.5. The van der Waals surface area contributed by atoms with Crippen molar-refractivity contribution in [2.75, 3.05) is 7.11 Å². The number of aliphatic imine (C=N–C) groups is 1. The number of amides is 1. The first-order valence-corrected chi connectivity index (χ1v) is 10.7. The number of hydrogen-bond acceptors (Lipinski definition) is 4. The molecule has 3 N–H and O–H groups in total. The van der Waals surface area contributed by atoms with Gasteiger partial charge < -0.3 is 15.8 Å². The zero-order valence-electron chi connectivity index (χ0n) is 18.3. The summed E-state index contributed by atoms with van der Waals surface area (Å²) in [7, 11) is 1.50. The Bertz CT molecular complexity index is 988. The summed E-state index contributed by atoms with van der Waals surface area (Å²) < 4.78 is 20.7. The number of benzene rings is 2. The van der Waals surface area contributed by atoms with Gasteiger partial charge in [-0.1, -0.05) is 69.5 Å². The quantitative estimate of drug-likeness (QED) is 0.570. The molecule has 2 aromatic carbocycles. The number of nitrogens with one attached hydrogen (secondary N) is 1. The Morgan fingerprint density at radius 3 is 2.58 bits per heavy atom. The van der Waals surface area contributed by atoms with Crippen LogP contribution in [-0.4, -0.2) is 18.7 Å². The van der Waals surface area contributed by atoms with Crippen molar-refractivity contribution in [3.63, 3.8) is 0 Å². The minimum Gasteiger partial charge on any atom is -0.496 e. The van der Waals surface area contributed by atoms with Crippen LogP contribution < -0.4 is 15.8 Å². The summed E-state index contributed by atoms with van der Waals surface area (Å²) in [5, 5.41) is 3.35. The first-order chi connectivity index (χ1) is 14.9. The zero-order chi connectivity index (χ0) is 22.4. The monoisotopic (exact) mass is 423 g/mol. The molecule has 2 atom stereocenters. The molecule has 6 heteroatoms. The van der Waals surface area contributed by atoms with Crippen LogP contribution in [0.5, 0.6) is 5.75 Å². The summed E-state index contributed by atoms with van der Waals surface area (Å²) in [5.74, 6) is -0.859. The third-order valence-corrected chi connectivity index (χ3v) is 5.83. The highest BCUT2D eigenvalue weighted by Crippen LogP contribution is 2.43. The van der Waals surface area contributed by atoms with E-state index >= 15 is 4.39 Å². The maximum Gasteiger partial charge on any atom is 0.267 e. The number of primary amides is 1. The number of carbonyl (C=O) groups excluding carboxylic acids is 1. The van der Waals surface area contributed by atoms with Crippen molar-refractivity contribution in [2.24, 2.45) is 16.6 Å². The Labute approximate surface area is 183 Å². The maximum atomic E-state index is 15.2. The average molecular weight is 424 g/mol. The van der Waals surface area contributed by atoms with Crippen molar-refractivity contribution >= 4 is 17.2 Å². The number of halogens is 1. The fourth-order valence-electron chi connectivity index (χ4n) is 4.13. The van der Waals surface area contributed by atoms with Crippen molar-refractivity contribution < 1.29 is 13.9 Å². The lowest BCUT2D eigenvalue weighted by molar-refractivity contribution is -0.111. The Balaban J connectivity index is 2.19. The zero-order valence-corrected chi connectivity index (χ0v) is 18.3. The molecule has 3 rings (SSSR count). The van der Waals surface area contributed by atoms with E-state index in [9.17, 15) is 4.79 Å². The summed E-state index contributed by atoms with van der Waals surface area (Å²) in [4.78, 5) is 17.3. The van der Waals surface area contributed by atoms with E-state index in [1.165, 1.54) is 13.2 Å². The summed E-state index contributed by atoms with van der Waals surface area (Å²) in [6.07, 6.45) is 5.62. The lowest BCUT2D eigenvalue weighted by Gasteiger charge is -2.40. The third kappa shape index (κ3) is 4.48. The number of nitrogens with zero attached hydrogens (tertiary/aromatic N) is 1. The molecule has 1 aliphatic heterocycles. The number of carbonyl (C=O) groups is 1. The van der Waals surface area contributed by atoms with E-state index in [0.717, 1.165) is 31.2 Å². The first-order valence-electron chi connectivity index (χ1n) is 10.7. The van der Waals surface area contributed by atoms with Crippen LogP contribution >= 0.6 is 0 Å². The highest BCUT2D eigenvalue weighted by Gasteiger charge is 2.44. The van der Waals surface area contributed by atoms with Crippen LogP contribution in [-0.2, 0) is 10.5 Å². The van der Waals surface area contributed by atoms with Gasteiger partial charge in [-0.3, -0.25) is 4.79 Å². The van der Waals surface area contributed by atoms with Crippen molar-refractivity contribution in [3.8, 4) is 5.75 Å². The second kappa shape index (κ2) is 9.77. The van der Waals surface area contributed by atoms with Crippen LogP contribution in [0.15, 0.2) is 59.7 Å². The second-order valence-corrected chi connectivity index (χ2v) is 7.87. The van der Waals surface area contributed by atoms with Gasteiger partial charge in [-0.2, -0.15) is 0 Å². The summed E-state index contributed by atoms with van der Waals surface area (Å²) in [6, 6.07) is 14.1. The van der Waals surface area contributed by atoms with Crippen LogP contribution in [0.4, 0.5) is 4.39 Å². The van der Waals surface area contributed by atoms with Crippen molar-refractivity contribution in [2.45, 2.75) is 45.2 Å². The molecule has 1 aliphatic rings. The van der Waals surface area contributed by atoms with Crippen LogP contribution in [0.3, 0.4) is 0 Å². The molecule has 0 saturated heterocycles. The Morgan fingerprint density at radius 1 is 1.19 bits per heavy atom. The summed E-state index contributed by atoms with van der Waals surface area (Å²) >= 11 is 0. The van der Waals surface area contributed by atoms with Crippen LogP contribution in [0.25, 0.3) is 5.57 Å². The summed E-state index contributed by atoms with van der Waals surface area (Å²) in [6.45, 7) is 4.15. The van der Waals surface area contributed by atoms with Crippen molar-refractivity contribution in [1.29, 1.82) is 0 Å². The standard InChI is InChI=1S/C25H30FN3O2/c1-4-5-7-11-17(2)25(22-20(26)14-10-15-21(22)31-3)28-16-19(23(29-25)24(27)30)18-12-8-6-9-13-18/h6,8-10,12-17,28H,4-5,7,11H2,1-3H3,(H2,27,30). The van der Waals surface area contributed by atoms with Crippen LogP contribution in [0, 0.1) is 11.7 Å². The highest BCUT2D eigenvalue weighted by molar-refractivity contribution is 6.55. The molecular weight excluding hydrogens is 393 g/mol. The molecule has 1 amide bonds. The van der Waals surface area contributed by atoms with E-state index in [1.807, 2.05) is 37.3 Å². The molecular formula is C25H30FN3O2. The molecule has 164 valence electrons. The molecule has 0 radical (unpaired) electrons. The molecule has 31 heavy (non-hydrogen) atoms. The van der Waals surface area contributed by atoms with Crippen LogP contribution in [0.2, 0.25) is 0 Å². The molecule has 2 aromatic rings. The van der Waals surface area contributed by atoms with E-state index in [0.29, 0.717) is 11.3 Å². The van der Waals surface area contributed by atoms with Gasteiger partial charge in [-0.05, 0) is 24.1 Å². The van der Waals surface area contributed by atoms with Gasteiger partial charge in [0.1, 0.15) is 17.3 Å². The molecule has 0 saturated carbocycles. The number of unbranched alkanes of at least 4 members (excludes halogenated alkanes) is 2. The third-order valence-electron chi connectivity index (χ3n) is 5.83. The minimum absolute atomic E-state index is 0.123. The largest absolute Gasteiger partial charge is 0.496 e. The number of rotatable bonds is 9. The SMILES string of the molecule is CCCCCC(C)C1(c2c(F)cccc2OC)N=C(C(N)=O)C(c2ccccc2)=CN1. The van der Waals surface area contributed by atoms with Gasteiger partial charge in [0.2, 0.25) is 0 Å². The topological polar surface area (TPSA) is 76.7 Å². The molecule has 0 bridgehead atoms. The normalized spacial score (nSPS) is 19.1. The Morgan fingerprint density at radius 2 is 1.94 bits per heavy atom. The minimum atomic E-state index is -1.22. The fourth-order valence-corrected chi connectivity index (χ4v) is 4.13. The van der Waals surface area contributed by atoms with E-state index in [4.69, 9.17) is 15.5 Å². The molecule has 0 spiro atoms. The summed E-state index contributed by atoms with van der Waals surface area (Å²) in [5.41, 5.74) is 6.34. The van der Waals surface area contributed by atoms with Crippen molar-refractivity contribution in [1.82, 2.24) is 5.32 Å². The fraction of sp³-hybridized carbons (Fsp3) is 0.360. The molecule has 0 aliphatic carbocycles. The number of nitrogens with two attached hydrogens (primary N) is 1. The highest BCUT2D eigenvalue weighted by atomic mass is 19.1. The smallest absolute Gasteiger partial charge is 0.267 e. The van der Waals surface area contributed by atoms with Crippen LogP contribution in [0.1, 0.15) is 50.7 Å². The lowest BCUT2D eigenvalue weighted by Crippen LogP contribution is -2.49. The number of methoxy groups -OCH3 is 1. The number of hydrogen-bond donors (Lipinski definition) is 2. The van der Waals surface area contributed by atoms with Gasteiger partial charge in [-0.25, -0.2) is 9.38 Å². The van der Waals surface area contributed by atoms with E-state index in [2.05, 4.69) is 12.2 Å². The Hall–Kier alpha value is -3.15. The van der Waals surface area contributed by atoms with Gasteiger partial charge in [0, 0.05) is 17.7 Å². The van der Waals surface area contributed by atoms with Gasteiger partial charge in [-0.15, -0.1) is 0 Å². The van der Waals surface area contributed by atoms with Gasteiger partial charge in [0.25, 0.3) is 5.91 Å². The molecule has 0 aromatic heterocycles. The van der Waals surface area contributed by atoms with Gasteiger partial charge in [0.15, 0.2) is 5.66 Å². The van der Waals surface area contributed by atoms with Crippen molar-refractivity contribution in [3.05, 3.63) is 71.7 Å².